The van der Waals surface area contributed by atoms with Crippen LogP contribution in [0.3, 0.4) is 0 Å². The first kappa shape index (κ1) is 11.3. The number of morpholine rings is 1. The minimum absolute atomic E-state index is 0.319. The van der Waals surface area contributed by atoms with Crippen LogP contribution >= 0.6 is 0 Å². The van der Waals surface area contributed by atoms with Crippen molar-refractivity contribution in [3.8, 4) is 0 Å². The van der Waals surface area contributed by atoms with E-state index < -0.39 is 0 Å². The smallest absolute Gasteiger partial charge is 0.333 e. The van der Waals surface area contributed by atoms with Crippen LogP contribution in [0.1, 0.15) is 5.69 Å². The first-order valence-electron chi connectivity index (χ1n) is 5.85. The Hall–Kier alpha value is -1.79. The third kappa shape index (κ3) is 2.12. The molecule has 1 saturated heterocycles. The van der Waals surface area contributed by atoms with Crippen molar-refractivity contribution in [3.63, 3.8) is 0 Å². The molecule has 1 aromatic heterocycles. The van der Waals surface area contributed by atoms with Crippen LogP contribution in [0.15, 0.2) is 24.7 Å². The van der Waals surface area contributed by atoms with Crippen LogP contribution in [0, 0.1) is 0 Å². The van der Waals surface area contributed by atoms with Gasteiger partial charge in [-0.2, -0.15) is 0 Å². The lowest BCUT2D eigenvalue weighted by Crippen LogP contribution is -2.44. The lowest BCUT2D eigenvalue weighted by molar-refractivity contribution is -0.147. The highest BCUT2D eigenvalue weighted by molar-refractivity contribution is 5.96. The van der Waals surface area contributed by atoms with Crippen LogP contribution in [0.2, 0.25) is 0 Å². The molecule has 0 N–H and O–H groups in total. The van der Waals surface area contributed by atoms with E-state index in [0.717, 1.165) is 24.4 Å². The maximum absolute atomic E-state index is 11.5. The molecule has 0 spiro atoms. The molecule has 1 unspecified atom stereocenters. The first-order chi connectivity index (χ1) is 8.84. The number of hydrogen-bond acceptors (Lipinski definition) is 6. The molecule has 3 rings (SSSR count). The van der Waals surface area contributed by atoms with Crippen LogP contribution in [-0.2, 0) is 14.3 Å². The van der Waals surface area contributed by atoms with Gasteiger partial charge < -0.3 is 9.47 Å². The molecular weight excluding hydrogens is 234 g/mol. The third-order valence-corrected chi connectivity index (χ3v) is 3.02. The summed E-state index contributed by atoms with van der Waals surface area (Å²) >= 11 is 0. The van der Waals surface area contributed by atoms with Crippen molar-refractivity contribution in [2.45, 2.75) is 6.23 Å². The molecule has 94 valence electrons. The second-order valence-corrected chi connectivity index (χ2v) is 4.13. The summed E-state index contributed by atoms with van der Waals surface area (Å²) < 4.78 is 10.6. The maximum Gasteiger partial charge on any atom is 0.333 e. The Labute approximate surface area is 104 Å². The van der Waals surface area contributed by atoms with E-state index in [9.17, 15) is 4.79 Å². The molecule has 6 heteroatoms. The molecule has 0 aromatic carbocycles. The average Bonchev–Trinajstić information content (AvgIpc) is 2.83. The second-order valence-electron chi connectivity index (χ2n) is 4.13. The van der Waals surface area contributed by atoms with Gasteiger partial charge in [0.1, 0.15) is 6.33 Å². The number of aromatic nitrogens is 2. The fraction of sp³-hybridized carbons (Fsp3) is 0.417. The van der Waals surface area contributed by atoms with Crippen molar-refractivity contribution in [1.29, 1.82) is 0 Å². The quantitative estimate of drug-likeness (QED) is 0.689. The van der Waals surface area contributed by atoms with Gasteiger partial charge in [-0.05, 0) is 6.07 Å². The van der Waals surface area contributed by atoms with E-state index in [0.29, 0.717) is 13.2 Å². The summed E-state index contributed by atoms with van der Waals surface area (Å²) in [6.07, 6.45) is 4.27. The van der Waals surface area contributed by atoms with Crippen LogP contribution in [0.25, 0.3) is 5.57 Å². The number of cyclic esters (lactones) is 1. The Balaban J connectivity index is 1.86. The van der Waals surface area contributed by atoms with Gasteiger partial charge in [0.25, 0.3) is 0 Å². The molecule has 2 aliphatic rings. The van der Waals surface area contributed by atoms with Gasteiger partial charge in [0.2, 0.25) is 0 Å². The molecule has 2 aliphatic heterocycles. The summed E-state index contributed by atoms with van der Waals surface area (Å²) in [6, 6.07) is 1.78. The lowest BCUT2D eigenvalue weighted by atomic mass is 10.1. The van der Waals surface area contributed by atoms with Crippen LogP contribution < -0.4 is 0 Å². The van der Waals surface area contributed by atoms with Crippen molar-refractivity contribution in [1.82, 2.24) is 14.9 Å². The van der Waals surface area contributed by atoms with E-state index in [1.54, 1.807) is 12.3 Å². The molecule has 3 heterocycles. The Morgan fingerprint density at radius 3 is 2.89 bits per heavy atom. The van der Waals surface area contributed by atoms with E-state index in [2.05, 4.69) is 14.9 Å². The SMILES string of the molecule is O=C1C=C(c2ccncn2)C(N2CCOCC2)O1. The molecule has 1 fully saturated rings. The minimum Gasteiger partial charge on any atom is -0.439 e. The van der Waals surface area contributed by atoms with Gasteiger partial charge in [0.05, 0.1) is 18.9 Å². The van der Waals surface area contributed by atoms with E-state index in [1.807, 2.05) is 0 Å². The largest absolute Gasteiger partial charge is 0.439 e. The van der Waals surface area contributed by atoms with E-state index >= 15 is 0 Å². The first-order valence-corrected chi connectivity index (χ1v) is 5.85. The zero-order chi connectivity index (χ0) is 12.4. The minimum atomic E-state index is -0.351. The summed E-state index contributed by atoms with van der Waals surface area (Å²) in [5.41, 5.74) is 1.52. The summed E-state index contributed by atoms with van der Waals surface area (Å²) in [5, 5.41) is 0. The molecule has 1 aromatic rings. The van der Waals surface area contributed by atoms with Gasteiger partial charge in [-0.1, -0.05) is 0 Å². The number of rotatable bonds is 2. The molecular formula is C12H13N3O3. The third-order valence-electron chi connectivity index (χ3n) is 3.02. The standard InChI is InChI=1S/C12H13N3O3/c16-11-7-9(10-1-2-13-8-14-10)12(18-11)15-3-5-17-6-4-15/h1-2,7-8,12H,3-6H2. The maximum atomic E-state index is 11.5. The lowest BCUT2D eigenvalue weighted by Gasteiger charge is -2.32. The van der Waals surface area contributed by atoms with Crippen molar-refractivity contribution < 1.29 is 14.3 Å². The van der Waals surface area contributed by atoms with Crippen molar-refractivity contribution in [3.05, 3.63) is 30.4 Å². The fourth-order valence-corrected chi connectivity index (χ4v) is 2.15. The fourth-order valence-electron chi connectivity index (χ4n) is 2.15. The Morgan fingerprint density at radius 1 is 1.33 bits per heavy atom. The summed E-state index contributed by atoms with van der Waals surface area (Å²) in [6.45, 7) is 2.82. The topological polar surface area (TPSA) is 64.6 Å². The monoisotopic (exact) mass is 247 g/mol. The Kier molecular flexibility index (Phi) is 3.04. The summed E-state index contributed by atoms with van der Waals surface area (Å²) in [7, 11) is 0. The Morgan fingerprint density at radius 2 is 2.17 bits per heavy atom. The van der Waals surface area contributed by atoms with Crippen LogP contribution in [0.5, 0.6) is 0 Å². The highest BCUT2D eigenvalue weighted by Crippen LogP contribution is 2.27. The van der Waals surface area contributed by atoms with Gasteiger partial charge in [0.15, 0.2) is 6.23 Å². The number of hydrogen-bond donors (Lipinski definition) is 0. The van der Waals surface area contributed by atoms with Gasteiger partial charge in [-0.3, -0.25) is 4.90 Å². The molecule has 0 aliphatic carbocycles. The van der Waals surface area contributed by atoms with Crippen molar-refractivity contribution in [2.75, 3.05) is 26.3 Å². The molecule has 6 nitrogen and oxygen atoms in total. The van der Waals surface area contributed by atoms with Crippen molar-refractivity contribution in [2.24, 2.45) is 0 Å². The molecule has 0 bridgehead atoms. The predicted molar refractivity (Wildman–Crippen MR) is 62.3 cm³/mol. The van der Waals surface area contributed by atoms with Crippen molar-refractivity contribution >= 4 is 11.5 Å². The van der Waals surface area contributed by atoms with Gasteiger partial charge in [-0.25, -0.2) is 14.8 Å². The van der Waals surface area contributed by atoms with Gasteiger partial charge in [0, 0.05) is 30.9 Å². The highest BCUT2D eigenvalue weighted by atomic mass is 16.6. The molecule has 1 atom stereocenters. The summed E-state index contributed by atoms with van der Waals surface area (Å²) in [4.78, 5) is 21.6. The summed E-state index contributed by atoms with van der Waals surface area (Å²) in [5.74, 6) is -0.319. The number of carbonyl (C=O) groups excluding carboxylic acids is 1. The number of carbonyl (C=O) groups is 1. The van der Waals surface area contributed by atoms with Gasteiger partial charge in [-0.15, -0.1) is 0 Å². The van der Waals surface area contributed by atoms with Crippen LogP contribution in [0.4, 0.5) is 0 Å². The molecule has 0 radical (unpaired) electrons. The number of ether oxygens (including phenoxy) is 2. The van der Waals surface area contributed by atoms with E-state index in [1.165, 1.54) is 12.4 Å². The van der Waals surface area contributed by atoms with E-state index in [4.69, 9.17) is 9.47 Å². The van der Waals surface area contributed by atoms with Crippen LogP contribution in [-0.4, -0.2) is 53.4 Å². The number of nitrogens with zero attached hydrogens (tertiary/aromatic N) is 3. The zero-order valence-corrected chi connectivity index (χ0v) is 9.78. The van der Waals surface area contributed by atoms with Gasteiger partial charge >= 0.3 is 5.97 Å². The number of esters is 1. The predicted octanol–water partition coefficient (Wildman–Crippen LogP) is 0.0751. The Bertz CT molecular complexity index is 469. The molecule has 0 saturated carbocycles. The zero-order valence-electron chi connectivity index (χ0n) is 9.78. The highest BCUT2D eigenvalue weighted by Gasteiger charge is 2.33. The normalized spacial score (nSPS) is 24.8. The molecule has 0 amide bonds. The molecule has 18 heavy (non-hydrogen) atoms. The second kappa shape index (κ2) is 4.83. The van der Waals surface area contributed by atoms with E-state index in [-0.39, 0.29) is 12.2 Å². The average molecular weight is 247 g/mol.